The molecule has 15 heteroatoms. The maximum atomic E-state index is 14.1. The van der Waals surface area contributed by atoms with Crippen molar-refractivity contribution in [1.29, 1.82) is 0 Å². The summed E-state index contributed by atoms with van der Waals surface area (Å²) in [5.41, 5.74) is 1.96. The Balaban J connectivity index is 5.83. The lowest BCUT2D eigenvalue weighted by molar-refractivity contribution is -0.592. The molecule has 30 heavy (non-hydrogen) atoms. The standard InChI is InChI=1S/C15H19F14N/c1-2-3-4-5-6-7-8-9(16,30)10(17,18)11(19,20)12(21,22)13(23,24)14(25,26)15(27,28)29/h2-8,30H2,1H3/p+1. The van der Waals surface area contributed by atoms with Crippen molar-refractivity contribution < 1.29 is 67.2 Å². The molecule has 1 atom stereocenters. The fraction of sp³-hybridized carbons (Fsp3) is 1.00. The fourth-order valence-corrected chi connectivity index (χ4v) is 2.39. The van der Waals surface area contributed by atoms with Crippen LogP contribution in [-0.2, 0) is 0 Å². The summed E-state index contributed by atoms with van der Waals surface area (Å²) >= 11 is 0. The van der Waals surface area contributed by atoms with E-state index in [1.54, 1.807) is 6.92 Å². The molecule has 0 aromatic carbocycles. The zero-order chi connectivity index (χ0) is 24.4. The van der Waals surface area contributed by atoms with Crippen LogP contribution in [-0.4, -0.2) is 41.6 Å². The summed E-state index contributed by atoms with van der Waals surface area (Å²) in [6, 6.07) is 0. The summed E-state index contributed by atoms with van der Waals surface area (Å²) in [7, 11) is 0. The zero-order valence-corrected chi connectivity index (χ0v) is 15.4. The third-order valence-corrected chi connectivity index (χ3v) is 4.42. The lowest BCUT2D eigenvalue weighted by atomic mass is 9.87. The molecule has 1 nitrogen and oxygen atoms in total. The highest BCUT2D eigenvalue weighted by Crippen LogP contribution is 2.61. The van der Waals surface area contributed by atoms with Gasteiger partial charge in [-0.1, -0.05) is 39.0 Å². The van der Waals surface area contributed by atoms with E-state index in [1.807, 2.05) is 5.73 Å². The Labute approximate surface area is 162 Å². The third kappa shape index (κ3) is 4.74. The monoisotopic (exact) mass is 480 g/mol. The molecule has 0 aliphatic carbocycles. The van der Waals surface area contributed by atoms with E-state index in [9.17, 15) is 61.5 Å². The van der Waals surface area contributed by atoms with Crippen LogP contribution in [0.1, 0.15) is 51.9 Å². The molecule has 0 saturated carbocycles. The second kappa shape index (κ2) is 8.85. The maximum Gasteiger partial charge on any atom is 0.460 e. The van der Waals surface area contributed by atoms with Gasteiger partial charge in [-0.15, -0.1) is 0 Å². The third-order valence-electron chi connectivity index (χ3n) is 4.42. The van der Waals surface area contributed by atoms with E-state index in [2.05, 4.69) is 0 Å². The molecule has 0 saturated heterocycles. The van der Waals surface area contributed by atoms with Crippen LogP contribution in [0.3, 0.4) is 0 Å². The Morgan fingerprint density at radius 2 is 0.800 bits per heavy atom. The Hall–Kier alpha value is -1.02. The number of quaternary nitrogens is 1. The first-order valence-corrected chi connectivity index (χ1v) is 8.56. The van der Waals surface area contributed by atoms with Crippen molar-refractivity contribution in [2.45, 2.75) is 93.5 Å². The summed E-state index contributed by atoms with van der Waals surface area (Å²) in [6.45, 7) is 1.80. The van der Waals surface area contributed by atoms with Gasteiger partial charge in [-0.2, -0.15) is 61.5 Å². The van der Waals surface area contributed by atoms with Gasteiger partial charge in [0.05, 0.1) is 0 Å². The van der Waals surface area contributed by atoms with Crippen molar-refractivity contribution in [3.8, 4) is 0 Å². The maximum absolute atomic E-state index is 14.1. The van der Waals surface area contributed by atoms with Gasteiger partial charge in [0.2, 0.25) is 0 Å². The predicted octanol–water partition coefficient (Wildman–Crippen LogP) is 6.38. The molecule has 0 aliphatic heterocycles. The summed E-state index contributed by atoms with van der Waals surface area (Å²) < 4.78 is 183. The average Bonchev–Trinajstić information content (AvgIpc) is 2.56. The molecule has 1 unspecified atom stereocenters. The number of unbranched alkanes of at least 4 members (excludes halogenated alkanes) is 5. The Morgan fingerprint density at radius 3 is 1.20 bits per heavy atom. The molecular weight excluding hydrogens is 460 g/mol. The first-order valence-electron chi connectivity index (χ1n) is 8.56. The second-order valence-electron chi connectivity index (χ2n) is 6.85. The van der Waals surface area contributed by atoms with Crippen molar-refractivity contribution in [1.82, 2.24) is 0 Å². The van der Waals surface area contributed by atoms with Crippen LogP contribution in [0.15, 0.2) is 0 Å². The summed E-state index contributed by atoms with van der Waals surface area (Å²) in [5, 5.41) is 0. The lowest BCUT2D eigenvalue weighted by Gasteiger charge is -2.41. The Morgan fingerprint density at radius 1 is 0.467 bits per heavy atom. The van der Waals surface area contributed by atoms with Crippen molar-refractivity contribution in [2.24, 2.45) is 0 Å². The fourth-order valence-electron chi connectivity index (χ4n) is 2.39. The van der Waals surface area contributed by atoms with Crippen LogP contribution in [0.5, 0.6) is 0 Å². The van der Waals surface area contributed by atoms with Crippen molar-refractivity contribution in [3.05, 3.63) is 0 Å². The topological polar surface area (TPSA) is 27.6 Å². The second-order valence-corrected chi connectivity index (χ2v) is 6.85. The zero-order valence-electron chi connectivity index (χ0n) is 15.4. The molecule has 0 aliphatic rings. The van der Waals surface area contributed by atoms with Crippen LogP contribution in [0.2, 0.25) is 0 Å². The smallest absolute Gasteiger partial charge is 0.321 e. The molecule has 0 heterocycles. The van der Waals surface area contributed by atoms with Crippen LogP contribution < -0.4 is 5.73 Å². The lowest BCUT2D eigenvalue weighted by Crippen LogP contribution is -2.84. The molecule has 0 radical (unpaired) electrons. The van der Waals surface area contributed by atoms with Crippen LogP contribution in [0.4, 0.5) is 61.5 Å². The first-order chi connectivity index (χ1) is 13.1. The largest absolute Gasteiger partial charge is 0.460 e. The van der Waals surface area contributed by atoms with E-state index >= 15 is 0 Å². The van der Waals surface area contributed by atoms with E-state index < -0.39 is 54.4 Å². The van der Waals surface area contributed by atoms with Gasteiger partial charge in [0.15, 0.2) is 0 Å². The van der Waals surface area contributed by atoms with Gasteiger partial charge in [0.1, 0.15) is 0 Å². The van der Waals surface area contributed by atoms with Gasteiger partial charge in [0, 0.05) is 6.42 Å². The molecular formula is C15H20F14N+. The Bertz CT molecular complexity index is 552. The molecule has 3 N–H and O–H groups in total. The van der Waals surface area contributed by atoms with E-state index in [0.717, 1.165) is 6.42 Å². The Kier molecular flexibility index (Phi) is 8.55. The number of hydrogen-bond acceptors (Lipinski definition) is 0. The predicted molar refractivity (Wildman–Crippen MR) is 75.5 cm³/mol. The molecule has 0 aromatic heterocycles. The van der Waals surface area contributed by atoms with E-state index in [0.29, 0.717) is 12.8 Å². The molecule has 0 bridgehead atoms. The van der Waals surface area contributed by atoms with E-state index in [1.165, 1.54) is 0 Å². The molecule has 0 rings (SSSR count). The number of rotatable bonds is 12. The molecule has 0 spiro atoms. The van der Waals surface area contributed by atoms with Gasteiger partial charge in [-0.05, 0) is 6.42 Å². The molecule has 0 amide bonds. The SMILES string of the molecule is CCCCCCCCC([NH3+])(F)C(F)(F)C(F)(F)C(F)(F)C(F)(F)C(F)(F)C(F)(F)F. The molecule has 0 fully saturated rings. The van der Waals surface area contributed by atoms with Crippen molar-refractivity contribution in [2.75, 3.05) is 0 Å². The normalized spacial score (nSPS) is 17.2. The number of hydrogen-bond donors (Lipinski definition) is 1. The summed E-state index contributed by atoms with van der Waals surface area (Å²) in [6.07, 6.45) is -7.65. The van der Waals surface area contributed by atoms with Crippen molar-refractivity contribution >= 4 is 0 Å². The minimum atomic E-state index is -8.04. The molecule has 0 aromatic rings. The molecule has 182 valence electrons. The van der Waals surface area contributed by atoms with Gasteiger partial charge in [0.25, 0.3) is 0 Å². The summed E-state index contributed by atoms with van der Waals surface area (Å²) in [4.78, 5) is 0. The highest BCUT2D eigenvalue weighted by molar-refractivity contribution is 5.12. The highest BCUT2D eigenvalue weighted by Gasteiger charge is 2.93. The number of alkyl halides is 14. The minimum absolute atomic E-state index is 0.0679. The van der Waals surface area contributed by atoms with E-state index in [4.69, 9.17) is 0 Å². The van der Waals surface area contributed by atoms with Gasteiger partial charge < -0.3 is 5.73 Å². The van der Waals surface area contributed by atoms with Crippen LogP contribution in [0.25, 0.3) is 0 Å². The quantitative estimate of drug-likeness (QED) is 0.191. The van der Waals surface area contributed by atoms with Crippen molar-refractivity contribution in [3.63, 3.8) is 0 Å². The van der Waals surface area contributed by atoms with Gasteiger partial charge in [-0.3, -0.25) is 0 Å². The van der Waals surface area contributed by atoms with Crippen LogP contribution in [0, 0.1) is 0 Å². The van der Waals surface area contributed by atoms with E-state index in [-0.39, 0.29) is 12.8 Å². The van der Waals surface area contributed by atoms with Gasteiger partial charge >= 0.3 is 41.6 Å². The van der Waals surface area contributed by atoms with Crippen LogP contribution >= 0.6 is 0 Å². The first kappa shape index (κ1) is 29.0. The summed E-state index contributed by atoms with van der Waals surface area (Å²) in [5.74, 6) is -43.2. The highest BCUT2D eigenvalue weighted by atomic mass is 19.4. The number of halogens is 14. The minimum Gasteiger partial charge on any atom is -0.321 e. The average molecular weight is 480 g/mol. The van der Waals surface area contributed by atoms with Gasteiger partial charge in [-0.25, -0.2) is 0 Å².